The van der Waals surface area contributed by atoms with Crippen molar-refractivity contribution in [3.05, 3.63) is 52.0 Å². The van der Waals surface area contributed by atoms with E-state index in [4.69, 9.17) is 0 Å². The van der Waals surface area contributed by atoms with Crippen molar-refractivity contribution >= 4 is 17.2 Å². The summed E-state index contributed by atoms with van der Waals surface area (Å²) in [5, 5.41) is 12.9. The van der Waals surface area contributed by atoms with E-state index in [2.05, 4.69) is 17.1 Å². The van der Waals surface area contributed by atoms with E-state index in [0.29, 0.717) is 13.0 Å². The summed E-state index contributed by atoms with van der Waals surface area (Å²) in [4.78, 5) is 18.7. The lowest BCUT2D eigenvalue weighted by molar-refractivity contribution is -0.130. The van der Waals surface area contributed by atoms with E-state index in [0.717, 1.165) is 36.4 Å². The molecule has 1 aliphatic carbocycles. The summed E-state index contributed by atoms with van der Waals surface area (Å²) in [6.45, 7) is 0.640. The van der Waals surface area contributed by atoms with E-state index in [1.165, 1.54) is 5.56 Å². The molecule has 1 fully saturated rings. The highest BCUT2D eigenvalue weighted by Gasteiger charge is 2.27. The number of thiazole rings is 1. The van der Waals surface area contributed by atoms with Gasteiger partial charge in [-0.25, -0.2) is 4.98 Å². The van der Waals surface area contributed by atoms with E-state index in [-0.39, 0.29) is 17.9 Å². The first-order valence-electron chi connectivity index (χ1n) is 8.51. The van der Waals surface area contributed by atoms with Crippen LogP contribution in [0.3, 0.4) is 0 Å². The Morgan fingerprint density at radius 1 is 1.33 bits per heavy atom. The minimum Gasteiger partial charge on any atom is -0.393 e. The Kier molecular flexibility index (Phi) is 5.63. The van der Waals surface area contributed by atoms with Crippen molar-refractivity contribution in [3.8, 4) is 0 Å². The number of hydrogen-bond donors (Lipinski definition) is 1. The highest BCUT2D eigenvalue weighted by atomic mass is 32.1. The van der Waals surface area contributed by atoms with Crippen LogP contribution in [0.15, 0.2) is 35.7 Å². The molecule has 1 amide bonds. The molecule has 2 unspecified atom stereocenters. The molecule has 2 aromatic rings. The fourth-order valence-electron chi connectivity index (χ4n) is 3.26. The van der Waals surface area contributed by atoms with Gasteiger partial charge in [0.15, 0.2) is 0 Å². The molecule has 24 heavy (non-hydrogen) atoms. The number of hydrogen-bond acceptors (Lipinski definition) is 4. The molecule has 0 spiro atoms. The molecule has 2 atom stereocenters. The maximum Gasteiger partial charge on any atom is 0.228 e. The van der Waals surface area contributed by atoms with Gasteiger partial charge in [-0.1, -0.05) is 36.8 Å². The molecule has 1 aromatic heterocycles. The standard InChI is InChI=1S/C19H24N2O2S/c1-21(12-15-8-5-9-17(15)22)19(23)11-16-13-24-18(20-16)10-14-6-3-2-4-7-14/h2-4,6-7,13,15,17,22H,5,8-12H2,1H3. The lowest BCUT2D eigenvalue weighted by Crippen LogP contribution is -2.35. The van der Waals surface area contributed by atoms with Crippen LogP contribution >= 0.6 is 11.3 Å². The summed E-state index contributed by atoms with van der Waals surface area (Å²) < 4.78 is 0. The third kappa shape index (κ3) is 4.42. The molecule has 128 valence electrons. The third-order valence-electron chi connectivity index (χ3n) is 4.68. The summed E-state index contributed by atoms with van der Waals surface area (Å²) in [5.74, 6) is 0.300. The first kappa shape index (κ1) is 17.1. The predicted molar refractivity (Wildman–Crippen MR) is 96.1 cm³/mol. The molecule has 5 heteroatoms. The Morgan fingerprint density at radius 2 is 2.12 bits per heavy atom. The van der Waals surface area contributed by atoms with Crippen LogP contribution in [0.1, 0.15) is 35.5 Å². The van der Waals surface area contributed by atoms with Gasteiger partial charge in [-0.2, -0.15) is 0 Å². The number of aliphatic hydroxyl groups is 1. The molecule has 0 bridgehead atoms. The van der Waals surface area contributed by atoms with E-state index in [1.807, 2.05) is 30.6 Å². The minimum atomic E-state index is -0.253. The normalized spacial score (nSPS) is 20.2. The summed E-state index contributed by atoms with van der Waals surface area (Å²) >= 11 is 1.61. The average Bonchev–Trinajstić information content (AvgIpc) is 3.18. The van der Waals surface area contributed by atoms with Crippen molar-refractivity contribution in [2.24, 2.45) is 5.92 Å². The zero-order valence-electron chi connectivity index (χ0n) is 14.0. The van der Waals surface area contributed by atoms with Crippen molar-refractivity contribution in [2.75, 3.05) is 13.6 Å². The Balaban J connectivity index is 1.53. The van der Waals surface area contributed by atoms with Crippen molar-refractivity contribution in [2.45, 2.75) is 38.2 Å². The fraction of sp³-hybridized carbons (Fsp3) is 0.474. The van der Waals surface area contributed by atoms with Gasteiger partial charge in [0.05, 0.1) is 23.2 Å². The summed E-state index contributed by atoms with van der Waals surface area (Å²) in [7, 11) is 1.82. The van der Waals surface area contributed by atoms with E-state index in [9.17, 15) is 9.90 Å². The third-order valence-corrected chi connectivity index (χ3v) is 5.58. The van der Waals surface area contributed by atoms with Crippen LogP contribution in [0.25, 0.3) is 0 Å². The Morgan fingerprint density at radius 3 is 2.83 bits per heavy atom. The summed E-state index contributed by atoms with van der Waals surface area (Å²) in [6, 6.07) is 10.2. The molecule has 0 aliphatic heterocycles. The molecule has 3 rings (SSSR count). The van der Waals surface area contributed by atoms with Gasteiger partial charge in [0, 0.05) is 31.3 Å². The number of aliphatic hydroxyl groups excluding tert-OH is 1. The Hall–Kier alpha value is -1.72. The van der Waals surface area contributed by atoms with Gasteiger partial charge in [-0.05, 0) is 18.4 Å². The van der Waals surface area contributed by atoms with Gasteiger partial charge in [0.2, 0.25) is 5.91 Å². The molecule has 0 saturated heterocycles. The summed E-state index contributed by atoms with van der Waals surface area (Å²) in [5.41, 5.74) is 2.08. The number of likely N-dealkylation sites (N-methyl/N-ethyl adjacent to an activating group) is 1. The maximum absolute atomic E-state index is 12.4. The van der Waals surface area contributed by atoms with Gasteiger partial charge < -0.3 is 10.0 Å². The molecular formula is C19H24N2O2S. The second kappa shape index (κ2) is 7.90. The second-order valence-electron chi connectivity index (χ2n) is 6.60. The molecule has 1 aromatic carbocycles. The fourth-order valence-corrected chi connectivity index (χ4v) is 4.08. The molecular weight excluding hydrogens is 320 g/mol. The quantitative estimate of drug-likeness (QED) is 0.877. The zero-order chi connectivity index (χ0) is 16.9. The average molecular weight is 344 g/mol. The number of aromatic nitrogens is 1. The molecule has 4 nitrogen and oxygen atoms in total. The number of rotatable bonds is 6. The number of benzene rings is 1. The highest BCUT2D eigenvalue weighted by Crippen LogP contribution is 2.26. The van der Waals surface area contributed by atoms with Crippen LogP contribution in [0.4, 0.5) is 0 Å². The monoisotopic (exact) mass is 344 g/mol. The van der Waals surface area contributed by atoms with E-state index >= 15 is 0 Å². The summed E-state index contributed by atoms with van der Waals surface area (Å²) in [6.07, 6.45) is 3.83. The maximum atomic E-state index is 12.4. The molecule has 1 aliphatic rings. The minimum absolute atomic E-state index is 0.0747. The van der Waals surface area contributed by atoms with E-state index in [1.54, 1.807) is 16.2 Å². The molecule has 1 saturated carbocycles. The van der Waals surface area contributed by atoms with Crippen molar-refractivity contribution < 1.29 is 9.90 Å². The van der Waals surface area contributed by atoms with Gasteiger partial charge in [-0.3, -0.25) is 4.79 Å². The van der Waals surface area contributed by atoms with Crippen molar-refractivity contribution in [3.63, 3.8) is 0 Å². The van der Waals surface area contributed by atoms with Gasteiger partial charge in [0.25, 0.3) is 0 Å². The van der Waals surface area contributed by atoms with Crippen LogP contribution in [-0.4, -0.2) is 40.6 Å². The topological polar surface area (TPSA) is 53.4 Å². The predicted octanol–water partition coefficient (Wildman–Crippen LogP) is 2.90. The van der Waals surface area contributed by atoms with Crippen molar-refractivity contribution in [1.82, 2.24) is 9.88 Å². The van der Waals surface area contributed by atoms with Crippen molar-refractivity contribution in [1.29, 1.82) is 0 Å². The Labute approximate surface area is 147 Å². The first-order chi connectivity index (χ1) is 11.6. The first-order valence-corrected chi connectivity index (χ1v) is 9.39. The SMILES string of the molecule is CN(CC1CCCC1O)C(=O)Cc1csc(Cc2ccccc2)n1. The van der Waals surface area contributed by atoms with Gasteiger partial charge >= 0.3 is 0 Å². The molecule has 1 heterocycles. The molecule has 1 N–H and O–H groups in total. The lowest BCUT2D eigenvalue weighted by Gasteiger charge is -2.23. The van der Waals surface area contributed by atoms with Gasteiger partial charge in [0.1, 0.15) is 0 Å². The number of carbonyl (C=O) groups excluding carboxylic acids is 1. The largest absolute Gasteiger partial charge is 0.393 e. The number of carbonyl (C=O) groups is 1. The van der Waals surface area contributed by atoms with Crippen LogP contribution in [0, 0.1) is 5.92 Å². The second-order valence-corrected chi connectivity index (χ2v) is 7.55. The number of nitrogens with zero attached hydrogens (tertiary/aromatic N) is 2. The Bertz CT molecular complexity index is 671. The van der Waals surface area contributed by atoms with Crippen LogP contribution in [-0.2, 0) is 17.6 Å². The molecule has 0 radical (unpaired) electrons. The van der Waals surface area contributed by atoms with Crippen LogP contribution < -0.4 is 0 Å². The lowest BCUT2D eigenvalue weighted by atomic mass is 10.1. The smallest absolute Gasteiger partial charge is 0.228 e. The highest BCUT2D eigenvalue weighted by molar-refractivity contribution is 7.09. The van der Waals surface area contributed by atoms with E-state index < -0.39 is 0 Å². The van der Waals surface area contributed by atoms with Crippen LogP contribution in [0.2, 0.25) is 0 Å². The number of amides is 1. The van der Waals surface area contributed by atoms with Gasteiger partial charge in [-0.15, -0.1) is 11.3 Å². The zero-order valence-corrected chi connectivity index (χ0v) is 14.8. The van der Waals surface area contributed by atoms with Crippen LogP contribution in [0.5, 0.6) is 0 Å².